The second-order valence-corrected chi connectivity index (χ2v) is 6.75. The molecule has 0 aromatic heterocycles. The van der Waals surface area contributed by atoms with Crippen LogP contribution in [0.3, 0.4) is 0 Å². The van der Waals surface area contributed by atoms with Gasteiger partial charge in [0, 0.05) is 13.1 Å². The molecule has 1 aromatic carbocycles. The average molecular weight is 297 g/mol. The van der Waals surface area contributed by atoms with Crippen LogP contribution in [-0.4, -0.2) is 30.9 Å². The number of aliphatic hydroxyl groups excluding tert-OH is 1. The lowest BCUT2D eigenvalue weighted by Crippen LogP contribution is -2.33. The molecule has 0 heterocycles. The highest BCUT2D eigenvalue weighted by molar-refractivity contribution is 7.89. The Labute approximate surface area is 121 Å². The zero-order valence-electron chi connectivity index (χ0n) is 12.4. The maximum Gasteiger partial charge on any atom is 0.243 e. The van der Waals surface area contributed by atoms with Crippen LogP contribution in [0.1, 0.15) is 31.9 Å². The predicted octanol–water partition coefficient (Wildman–Crippen LogP) is 2.33. The normalized spacial score (nSPS) is 11.8. The van der Waals surface area contributed by atoms with Crippen LogP contribution in [0.2, 0.25) is 0 Å². The number of aryl methyl sites for hydroxylation is 1. The number of sulfonamides is 1. The van der Waals surface area contributed by atoms with Crippen LogP contribution < -0.4 is 0 Å². The first-order valence-electron chi connectivity index (χ1n) is 6.74. The van der Waals surface area contributed by atoms with Crippen molar-refractivity contribution in [1.82, 2.24) is 4.31 Å². The summed E-state index contributed by atoms with van der Waals surface area (Å²) in [6.07, 6.45) is 0.630. The fourth-order valence-electron chi connectivity index (χ4n) is 2.04. The summed E-state index contributed by atoms with van der Waals surface area (Å²) in [6, 6.07) is 5.09. The second-order valence-electron chi connectivity index (χ2n) is 4.84. The lowest BCUT2D eigenvalue weighted by atomic mass is 10.1. The minimum Gasteiger partial charge on any atom is -0.392 e. The van der Waals surface area contributed by atoms with E-state index in [1.54, 1.807) is 18.2 Å². The Morgan fingerprint density at radius 3 is 2.45 bits per heavy atom. The molecule has 0 radical (unpaired) electrons. The van der Waals surface area contributed by atoms with E-state index < -0.39 is 10.0 Å². The number of hydrogen-bond donors (Lipinski definition) is 1. The molecule has 0 saturated heterocycles. The van der Waals surface area contributed by atoms with Gasteiger partial charge in [0.05, 0.1) is 11.5 Å². The van der Waals surface area contributed by atoms with Crippen molar-refractivity contribution in [3.63, 3.8) is 0 Å². The Balaban J connectivity index is 3.35. The van der Waals surface area contributed by atoms with E-state index in [0.29, 0.717) is 25.1 Å². The summed E-state index contributed by atoms with van der Waals surface area (Å²) in [5.41, 5.74) is 2.17. The van der Waals surface area contributed by atoms with Gasteiger partial charge in [-0.05, 0) is 30.5 Å². The van der Waals surface area contributed by atoms with Crippen LogP contribution in [-0.2, 0) is 23.1 Å². The molecule has 0 spiro atoms. The van der Waals surface area contributed by atoms with Crippen LogP contribution in [0.4, 0.5) is 0 Å². The highest BCUT2D eigenvalue weighted by Crippen LogP contribution is 2.23. The maximum absolute atomic E-state index is 12.7. The second kappa shape index (κ2) is 7.02. The monoisotopic (exact) mass is 297 g/mol. The quantitative estimate of drug-likeness (QED) is 0.786. The minimum absolute atomic E-state index is 0.168. The third-order valence-corrected chi connectivity index (χ3v) is 5.11. The van der Waals surface area contributed by atoms with Crippen molar-refractivity contribution in [2.75, 3.05) is 13.1 Å². The number of benzene rings is 1. The first kappa shape index (κ1) is 16.9. The van der Waals surface area contributed by atoms with Gasteiger partial charge in [0.2, 0.25) is 10.0 Å². The Bertz CT molecular complexity index is 579. The number of nitrogens with zero attached hydrogens (tertiary/aromatic N) is 1. The van der Waals surface area contributed by atoms with Crippen molar-refractivity contribution >= 4 is 10.0 Å². The molecule has 0 aliphatic heterocycles. The summed E-state index contributed by atoms with van der Waals surface area (Å²) >= 11 is 0. The van der Waals surface area contributed by atoms with E-state index in [9.17, 15) is 13.5 Å². The maximum atomic E-state index is 12.7. The van der Waals surface area contributed by atoms with Gasteiger partial charge in [0.15, 0.2) is 0 Å². The fraction of sp³-hybridized carbons (Fsp3) is 0.467. The molecule has 0 amide bonds. The van der Waals surface area contributed by atoms with E-state index in [1.165, 1.54) is 4.31 Å². The average Bonchev–Trinajstić information content (AvgIpc) is 2.43. The van der Waals surface area contributed by atoms with E-state index in [0.717, 1.165) is 11.1 Å². The summed E-state index contributed by atoms with van der Waals surface area (Å²) in [6.45, 7) is 9.85. The van der Waals surface area contributed by atoms with Crippen molar-refractivity contribution in [2.24, 2.45) is 0 Å². The van der Waals surface area contributed by atoms with Crippen molar-refractivity contribution in [3.05, 3.63) is 41.5 Å². The highest BCUT2D eigenvalue weighted by Gasteiger charge is 2.25. The summed E-state index contributed by atoms with van der Waals surface area (Å²) in [5, 5.41) is 9.21. The molecule has 5 heteroatoms. The fourth-order valence-corrected chi connectivity index (χ4v) is 3.89. The molecule has 0 bridgehead atoms. The van der Waals surface area contributed by atoms with E-state index in [4.69, 9.17) is 0 Å². The van der Waals surface area contributed by atoms with Crippen molar-refractivity contribution in [2.45, 2.75) is 38.7 Å². The molecular formula is C15H23NO3S. The summed E-state index contributed by atoms with van der Waals surface area (Å²) in [4.78, 5) is 0.287. The number of aliphatic hydroxyl groups is 1. The van der Waals surface area contributed by atoms with Crippen molar-refractivity contribution < 1.29 is 13.5 Å². The Hall–Kier alpha value is -1.17. The molecule has 1 aromatic rings. The minimum atomic E-state index is -3.56. The van der Waals surface area contributed by atoms with Gasteiger partial charge < -0.3 is 5.11 Å². The summed E-state index contributed by atoms with van der Waals surface area (Å²) in [7, 11) is -3.56. The van der Waals surface area contributed by atoms with Gasteiger partial charge in [0.25, 0.3) is 0 Å². The van der Waals surface area contributed by atoms with Gasteiger partial charge in [-0.25, -0.2) is 8.42 Å². The van der Waals surface area contributed by atoms with E-state index >= 15 is 0 Å². The van der Waals surface area contributed by atoms with Crippen molar-refractivity contribution in [3.8, 4) is 0 Å². The summed E-state index contributed by atoms with van der Waals surface area (Å²) in [5.74, 6) is 0. The zero-order chi connectivity index (χ0) is 15.3. The highest BCUT2D eigenvalue weighted by atomic mass is 32.2. The number of rotatable bonds is 7. The number of likely N-dealkylation sites (N-methyl/N-ethyl adjacent to an activating group) is 1. The van der Waals surface area contributed by atoms with Gasteiger partial charge in [-0.15, -0.1) is 0 Å². The molecule has 0 atom stereocenters. The van der Waals surface area contributed by atoms with Crippen LogP contribution in [0, 0.1) is 0 Å². The van der Waals surface area contributed by atoms with Crippen LogP contribution in [0.5, 0.6) is 0 Å². The lowest BCUT2D eigenvalue weighted by molar-refractivity contribution is 0.281. The molecule has 0 fully saturated rings. The molecular weight excluding hydrogens is 274 g/mol. The Kier molecular flexibility index (Phi) is 5.92. The first-order chi connectivity index (χ1) is 9.36. The molecule has 112 valence electrons. The van der Waals surface area contributed by atoms with Gasteiger partial charge in [0.1, 0.15) is 0 Å². The molecule has 0 saturated carbocycles. The third kappa shape index (κ3) is 3.69. The Morgan fingerprint density at radius 2 is 2.00 bits per heavy atom. The summed E-state index contributed by atoms with van der Waals surface area (Å²) < 4.78 is 26.9. The van der Waals surface area contributed by atoms with E-state index in [1.807, 2.05) is 20.8 Å². The van der Waals surface area contributed by atoms with Crippen LogP contribution >= 0.6 is 0 Å². The van der Waals surface area contributed by atoms with Gasteiger partial charge in [-0.2, -0.15) is 4.31 Å². The molecule has 1 N–H and O–H groups in total. The van der Waals surface area contributed by atoms with Crippen LogP contribution in [0.15, 0.2) is 35.2 Å². The zero-order valence-corrected chi connectivity index (χ0v) is 13.2. The number of hydrogen-bond acceptors (Lipinski definition) is 3. The molecule has 4 nitrogen and oxygen atoms in total. The third-order valence-electron chi connectivity index (χ3n) is 3.11. The predicted molar refractivity (Wildman–Crippen MR) is 81.0 cm³/mol. The van der Waals surface area contributed by atoms with Gasteiger partial charge in [-0.3, -0.25) is 0 Å². The standard InChI is InChI=1S/C15H23NO3S/c1-5-14-8-7-13(11-17)9-15(14)20(18,19)16(6-2)10-12(3)4/h7-9,17H,3,5-6,10-11H2,1-2,4H3. The first-order valence-corrected chi connectivity index (χ1v) is 8.18. The topological polar surface area (TPSA) is 57.6 Å². The van der Waals surface area contributed by atoms with Gasteiger partial charge >= 0.3 is 0 Å². The van der Waals surface area contributed by atoms with E-state index in [2.05, 4.69) is 6.58 Å². The lowest BCUT2D eigenvalue weighted by Gasteiger charge is -2.22. The van der Waals surface area contributed by atoms with E-state index in [-0.39, 0.29) is 11.5 Å². The van der Waals surface area contributed by atoms with Crippen molar-refractivity contribution in [1.29, 1.82) is 0 Å². The SMILES string of the molecule is C=C(C)CN(CC)S(=O)(=O)c1cc(CO)ccc1CC. The molecule has 20 heavy (non-hydrogen) atoms. The molecule has 0 aliphatic rings. The van der Waals surface area contributed by atoms with Crippen LogP contribution in [0.25, 0.3) is 0 Å². The molecule has 1 rings (SSSR count). The largest absolute Gasteiger partial charge is 0.392 e. The Morgan fingerprint density at radius 1 is 1.35 bits per heavy atom. The molecule has 0 unspecified atom stereocenters. The molecule has 0 aliphatic carbocycles. The van der Waals surface area contributed by atoms with Gasteiger partial charge in [-0.1, -0.05) is 38.1 Å². The smallest absolute Gasteiger partial charge is 0.243 e.